The highest BCUT2D eigenvalue weighted by molar-refractivity contribution is 5.83. The minimum Gasteiger partial charge on any atom is -0.320 e. The Morgan fingerprint density at radius 3 is 2.54 bits per heavy atom. The van der Waals surface area contributed by atoms with Crippen LogP contribution in [-0.4, -0.2) is 23.8 Å². The number of hydrogen-bond donors (Lipinski definition) is 2. The molecule has 0 aliphatic rings. The molecule has 1 unspecified atom stereocenters. The van der Waals surface area contributed by atoms with E-state index < -0.39 is 11.7 Å². The Bertz CT molecular complexity index is 809. The SMILES string of the molecule is CNCCC(c1ccccc1)c1cc(C(F)(F)F)c2[nH]ncc2c1. The normalized spacial score (nSPS) is 13.3. The minimum absolute atomic E-state index is 0.0340. The van der Waals surface area contributed by atoms with Gasteiger partial charge in [-0.1, -0.05) is 30.3 Å². The van der Waals surface area contributed by atoms with Gasteiger partial charge in [-0.2, -0.15) is 18.3 Å². The molecule has 24 heavy (non-hydrogen) atoms. The van der Waals surface area contributed by atoms with Crippen molar-refractivity contribution >= 4 is 10.9 Å². The molecule has 2 N–H and O–H groups in total. The number of rotatable bonds is 5. The highest BCUT2D eigenvalue weighted by Gasteiger charge is 2.34. The third-order valence-corrected chi connectivity index (χ3v) is 4.16. The van der Waals surface area contributed by atoms with Crippen molar-refractivity contribution in [1.29, 1.82) is 0 Å². The standard InChI is InChI=1S/C18H18F3N3/c1-22-8-7-15(12-5-3-2-4-6-12)13-9-14-11-23-24-17(14)16(10-13)18(19,20)21/h2-6,9-11,15,22H,7-8H2,1H3,(H,23,24). The van der Waals surface area contributed by atoms with Gasteiger partial charge in [0.05, 0.1) is 17.3 Å². The van der Waals surface area contributed by atoms with E-state index in [0.717, 1.165) is 5.56 Å². The van der Waals surface area contributed by atoms with Crippen molar-refractivity contribution in [2.75, 3.05) is 13.6 Å². The van der Waals surface area contributed by atoms with Crippen LogP contribution in [0.5, 0.6) is 0 Å². The molecule has 3 aromatic rings. The van der Waals surface area contributed by atoms with Crippen molar-refractivity contribution in [3.63, 3.8) is 0 Å². The number of nitrogens with zero attached hydrogens (tertiary/aromatic N) is 1. The van der Waals surface area contributed by atoms with E-state index in [1.54, 1.807) is 6.07 Å². The molecule has 1 heterocycles. The summed E-state index contributed by atoms with van der Waals surface area (Å²) in [6.07, 6.45) is -2.28. The number of fused-ring (bicyclic) bond motifs is 1. The van der Waals surface area contributed by atoms with Gasteiger partial charge in [0, 0.05) is 11.3 Å². The summed E-state index contributed by atoms with van der Waals surface area (Å²) in [5.41, 5.74) is 1.02. The number of hydrogen-bond acceptors (Lipinski definition) is 2. The molecule has 0 amide bonds. The summed E-state index contributed by atoms with van der Waals surface area (Å²) >= 11 is 0. The second-order valence-corrected chi connectivity index (χ2v) is 5.76. The van der Waals surface area contributed by atoms with Gasteiger partial charge >= 0.3 is 6.18 Å². The van der Waals surface area contributed by atoms with Gasteiger partial charge in [-0.05, 0) is 43.3 Å². The molecule has 2 aromatic carbocycles. The number of nitrogens with one attached hydrogen (secondary N) is 2. The third kappa shape index (κ3) is 3.28. The third-order valence-electron chi connectivity index (χ3n) is 4.16. The van der Waals surface area contributed by atoms with E-state index in [1.165, 1.54) is 12.3 Å². The summed E-state index contributed by atoms with van der Waals surface area (Å²) in [7, 11) is 1.84. The first-order chi connectivity index (χ1) is 11.5. The van der Waals surface area contributed by atoms with Gasteiger partial charge in [0.1, 0.15) is 0 Å². The van der Waals surface area contributed by atoms with Crippen LogP contribution < -0.4 is 5.32 Å². The summed E-state index contributed by atoms with van der Waals surface area (Å²) in [6, 6.07) is 12.7. The summed E-state index contributed by atoms with van der Waals surface area (Å²) in [5, 5.41) is 9.79. The number of alkyl halides is 3. The molecule has 0 aliphatic heterocycles. The lowest BCUT2D eigenvalue weighted by atomic mass is 9.87. The second kappa shape index (κ2) is 6.65. The molecule has 0 radical (unpaired) electrons. The van der Waals surface area contributed by atoms with Gasteiger partial charge < -0.3 is 5.32 Å². The molecule has 0 saturated heterocycles. The van der Waals surface area contributed by atoms with Gasteiger partial charge in [-0.25, -0.2) is 0 Å². The maximum Gasteiger partial charge on any atom is 0.418 e. The van der Waals surface area contributed by atoms with Crippen LogP contribution in [0.1, 0.15) is 29.0 Å². The molecule has 0 aliphatic carbocycles. The van der Waals surface area contributed by atoms with Gasteiger partial charge in [0.25, 0.3) is 0 Å². The molecule has 3 nitrogen and oxygen atoms in total. The van der Waals surface area contributed by atoms with Crippen LogP contribution >= 0.6 is 0 Å². The largest absolute Gasteiger partial charge is 0.418 e. The summed E-state index contributed by atoms with van der Waals surface area (Å²) in [6.45, 7) is 0.713. The van der Waals surface area contributed by atoms with Crippen molar-refractivity contribution in [2.24, 2.45) is 0 Å². The lowest BCUT2D eigenvalue weighted by Gasteiger charge is -2.20. The lowest BCUT2D eigenvalue weighted by molar-refractivity contribution is -0.136. The first-order valence-electron chi connectivity index (χ1n) is 7.74. The molecule has 1 atom stereocenters. The predicted molar refractivity (Wildman–Crippen MR) is 87.9 cm³/mol. The predicted octanol–water partition coefficient (Wildman–Crippen LogP) is 4.32. The molecule has 1 aromatic heterocycles. The Labute approximate surface area is 137 Å². The first-order valence-corrected chi connectivity index (χ1v) is 7.74. The first kappa shape index (κ1) is 16.5. The Balaban J connectivity index is 2.14. The van der Waals surface area contributed by atoms with Gasteiger partial charge in [0.2, 0.25) is 0 Å². The monoisotopic (exact) mass is 333 g/mol. The van der Waals surface area contributed by atoms with Gasteiger partial charge in [-0.15, -0.1) is 0 Å². The van der Waals surface area contributed by atoms with Crippen molar-refractivity contribution in [1.82, 2.24) is 15.5 Å². The van der Waals surface area contributed by atoms with E-state index in [0.29, 0.717) is 23.9 Å². The average Bonchev–Trinajstić information content (AvgIpc) is 3.03. The topological polar surface area (TPSA) is 40.7 Å². The van der Waals surface area contributed by atoms with Crippen molar-refractivity contribution in [3.8, 4) is 0 Å². The van der Waals surface area contributed by atoms with E-state index in [2.05, 4.69) is 15.5 Å². The van der Waals surface area contributed by atoms with E-state index in [1.807, 2.05) is 37.4 Å². The average molecular weight is 333 g/mol. The number of halogens is 3. The molecule has 3 rings (SSSR count). The second-order valence-electron chi connectivity index (χ2n) is 5.76. The van der Waals surface area contributed by atoms with Crippen LogP contribution in [0, 0.1) is 0 Å². The fourth-order valence-electron chi connectivity index (χ4n) is 3.01. The Kier molecular flexibility index (Phi) is 4.57. The molecule has 126 valence electrons. The Morgan fingerprint density at radius 1 is 1.12 bits per heavy atom. The zero-order chi connectivity index (χ0) is 17.2. The molecule has 0 spiro atoms. The van der Waals surface area contributed by atoms with E-state index >= 15 is 0 Å². The Morgan fingerprint density at radius 2 is 1.88 bits per heavy atom. The summed E-state index contributed by atoms with van der Waals surface area (Å²) in [4.78, 5) is 0. The van der Waals surface area contributed by atoms with Crippen molar-refractivity contribution < 1.29 is 13.2 Å². The van der Waals surface area contributed by atoms with E-state index in [9.17, 15) is 13.2 Å². The minimum atomic E-state index is -4.43. The van der Waals surface area contributed by atoms with Gasteiger partial charge in [0.15, 0.2) is 0 Å². The molecular weight excluding hydrogens is 315 g/mol. The van der Waals surface area contributed by atoms with Crippen molar-refractivity contribution in [3.05, 3.63) is 65.4 Å². The maximum atomic E-state index is 13.4. The molecule has 0 saturated carbocycles. The zero-order valence-corrected chi connectivity index (χ0v) is 13.2. The van der Waals surface area contributed by atoms with E-state index in [-0.39, 0.29) is 11.4 Å². The van der Waals surface area contributed by atoms with Crippen LogP contribution in [0.25, 0.3) is 10.9 Å². The maximum absolute atomic E-state index is 13.4. The van der Waals surface area contributed by atoms with Crippen LogP contribution in [0.4, 0.5) is 13.2 Å². The molecule has 0 fully saturated rings. The van der Waals surface area contributed by atoms with Crippen LogP contribution in [-0.2, 0) is 6.18 Å². The summed E-state index contributed by atoms with van der Waals surface area (Å²) in [5.74, 6) is -0.112. The molecular formula is C18H18F3N3. The van der Waals surface area contributed by atoms with Crippen molar-refractivity contribution in [2.45, 2.75) is 18.5 Å². The van der Waals surface area contributed by atoms with E-state index in [4.69, 9.17) is 0 Å². The van der Waals surface area contributed by atoms with Crippen LogP contribution in [0.2, 0.25) is 0 Å². The quantitative estimate of drug-likeness (QED) is 0.730. The lowest BCUT2D eigenvalue weighted by Crippen LogP contribution is -2.14. The number of benzene rings is 2. The smallest absolute Gasteiger partial charge is 0.320 e. The number of aromatic amines is 1. The number of H-pyrrole nitrogens is 1. The zero-order valence-electron chi connectivity index (χ0n) is 13.2. The highest BCUT2D eigenvalue weighted by atomic mass is 19.4. The van der Waals surface area contributed by atoms with Crippen LogP contribution in [0.3, 0.4) is 0 Å². The molecule has 0 bridgehead atoms. The van der Waals surface area contributed by atoms with Crippen LogP contribution in [0.15, 0.2) is 48.7 Å². The Hall–Kier alpha value is -2.34. The fraction of sp³-hybridized carbons (Fsp3) is 0.278. The van der Waals surface area contributed by atoms with Gasteiger partial charge in [-0.3, -0.25) is 5.10 Å². The number of aromatic nitrogens is 2. The molecule has 6 heteroatoms. The summed E-state index contributed by atoms with van der Waals surface area (Å²) < 4.78 is 40.3. The highest BCUT2D eigenvalue weighted by Crippen LogP contribution is 2.38. The fourth-order valence-corrected chi connectivity index (χ4v) is 3.01.